The van der Waals surface area contributed by atoms with Crippen LogP contribution in [-0.4, -0.2) is 29.3 Å². The van der Waals surface area contributed by atoms with E-state index in [1.54, 1.807) is 12.1 Å². The van der Waals surface area contributed by atoms with Gasteiger partial charge in [0.1, 0.15) is 0 Å². The van der Waals surface area contributed by atoms with Crippen molar-refractivity contribution in [2.45, 2.75) is 32.4 Å². The first-order valence-electron chi connectivity index (χ1n) is 8.48. The fourth-order valence-electron chi connectivity index (χ4n) is 3.68. The van der Waals surface area contributed by atoms with E-state index in [-0.39, 0.29) is 24.3 Å². The van der Waals surface area contributed by atoms with Crippen LogP contribution in [0.15, 0.2) is 42.5 Å². The van der Waals surface area contributed by atoms with Gasteiger partial charge in [-0.1, -0.05) is 41.9 Å². The topological polar surface area (TPSA) is 40.6 Å². The lowest BCUT2D eigenvalue weighted by Gasteiger charge is -2.32. The van der Waals surface area contributed by atoms with Crippen LogP contribution in [0.1, 0.15) is 23.1 Å². The summed E-state index contributed by atoms with van der Waals surface area (Å²) in [5.74, 6) is -0.307. The molecule has 4 rings (SSSR count). The summed E-state index contributed by atoms with van der Waals surface area (Å²) in [6.07, 6.45) is 1.14. The fraction of sp³-hybridized carbons (Fsp3) is 0.300. The number of carbonyl (C=O) groups excluding carboxylic acids is 2. The molecule has 2 heterocycles. The zero-order valence-corrected chi connectivity index (χ0v) is 14.8. The Kier molecular flexibility index (Phi) is 4.10. The van der Waals surface area contributed by atoms with Gasteiger partial charge in [-0.3, -0.25) is 14.5 Å². The summed E-state index contributed by atoms with van der Waals surface area (Å²) in [7, 11) is 0. The highest BCUT2D eigenvalue weighted by Crippen LogP contribution is 2.31. The van der Waals surface area contributed by atoms with Gasteiger partial charge in [0.25, 0.3) is 5.91 Å². The third-order valence-electron chi connectivity index (χ3n) is 5.14. The molecular formula is C20H19ClN2O2. The van der Waals surface area contributed by atoms with E-state index in [1.807, 2.05) is 25.1 Å². The van der Waals surface area contributed by atoms with Crippen molar-refractivity contribution in [1.82, 2.24) is 4.90 Å². The molecule has 1 saturated heterocycles. The zero-order valence-electron chi connectivity index (χ0n) is 14.0. The van der Waals surface area contributed by atoms with E-state index >= 15 is 0 Å². The number of halogens is 1. The van der Waals surface area contributed by atoms with Crippen molar-refractivity contribution >= 4 is 29.1 Å². The Labute approximate surface area is 152 Å². The molecule has 0 bridgehead atoms. The van der Waals surface area contributed by atoms with E-state index in [2.05, 4.69) is 17.0 Å². The molecule has 2 aliphatic rings. The molecule has 0 unspecified atom stereocenters. The highest BCUT2D eigenvalue weighted by Gasteiger charge is 2.43. The molecule has 5 heteroatoms. The second kappa shape index (κ2) is 6.28. The second-order valence-electron chi connectivity index (χ2n) is 6.71. The molecule has 128 valence electrons. The molecule has 2 aromatic carbocycles. The van der Waals surface area contributed by atoms with Crippen LogP contribution in [0.3, 0.4) is 0 Å². The zero-order chi connectivity index (χ0) is 17.6. The number of hydrogen-bond acceptors (Lipinski definition) is 3. The van der Waals surface area contributed by atoms with Crippen molar-refractivity contribution in [3.8, 4) is 0 Å². The number of carbonyl (C=O) groups is 2. The van der Waals surface area contributed by atoms with Crippen LogP contribution in [0.25, 0.3) is 0 Å². The predicted molar refractivity (Wildman–Crippen MR) is 97.6 cm³/mol. The molecule has 0 aromatic heterocycles. The Morgan fingerprint density at radius 1 is 1.08 bits per heavy atom. The number of aryl methyl sites for hydroxylation is 1. The Balaban J connectivity index is 1.58. The van der Waals surface area contributed by atoms with Crippen molar-refractivity contribution in [3.63, 3.8) is 0 Å². The largest absolute Gasteiger partial charge is 0.287 e. The van der Waals surface area contributed by atoms with E-state index < -0.39 is 0 Å². The van der Waals surface area contributed by atoms with Gasteiger partial charge in [-0.05, 0) is 42.2 Å². The van der Waals surface area contributed by atoms with Crippen LogP contribution in [-0.2, 0) is 22.6 Å². The minimum absolute atomic E-state index is 0.149. The lowest BCUT2D eigenvalue weighted by molar-refractivity contribution is -0.123. The van der Waals surface area contributed by atoms with E-state index in [1.165, 1.54) is 16.0 Å². The maximum absolute atomic E-state index is 12.9. The summed E-state index contributed by atoms with van der Waals surface area (Å²) in [5.41, 5.74) is 4.06. The van der Waals surface area contributed by atoms with Gasteiger partial charge in [-0.15, -0.1) is 0 Å². The fourth-order valence-corrected chi connectivity index (χ4v) is 3.85. The van der Waals surface area contributed by atoms with Gasteiger partial charge >= 0.3 is 0 Å². The van der Waals surface area contributed by atoms with Crippen LogP contribution in [0, 0.1) is 6.92 Å². The van der Waals surface area contributed by atoms with Gasteiger partial charge < -0.3 is 0 Å². The van der Waals surface area contributed by atoms with Crippen LogP contribution in [0.4, 0.5) is 5.69 Å². The Hall–Kier alpha value is -2.17. The van der Waals surface area contributed by atoms with E-state index in [0.29, 0.717) is 17.3 Å². The summed E-state index contributed by atoms with van der Waals surface area (Å²) in [4.78, 5) is 28.9. The normalized spacial score (nSPS) is 20.9. The third kappa shape index (κ3) is 2.86. The number of rotatable bonds is 2. The number of amides is 2. The predicted octanol–water partition coefficient (Wildman–Crippen LogP) is 3.34. The molecule has 2 aromatic rings. The molecule has 4 nitrogen and oxygen atoms in total. The molecule has 0 N–H and O–H groups in total. The number of anilines is 1. The molecule has 25 heavy (non-hydrogen) atoms. The van der Waals surface area contributed by atoms with Gasteiger partial charge in [0.2, 0.25) is 5.91 Å². The van der Waals surface area contributed by atoms with E-state index in [9.17, 15) is 9.59 Å². The average Bonchev–Trinajstić information content (AvgIpc) is 2.91. The molecule has 2 aliphatic heterocycles. The Bertz CT molecular complexity index is 865. The first-order chi connectivity index (χ1) is 12.0. The molecule has 1 fully saturated rings. The average molecular weight is 355 g/mol. The smallest absolute Gasteiger partial charge is 0.251 e. The van der Waals surface area contributed by atoms with Crippen LogP contribution < -0.4 is 4.90 Å². The monoisotopic (exact) mass is 354 g/mol. The van der Waals surface area contributed by atoms with Crippen LogP contribution >= 0.6 is 11.6 Å². The highest BCUT2D eigenvalue weighted by atomic mass is 35.5. The first-order valence-corrected chi connectivity index (χ1v) is 8.86. The Morgan fingerprint density at radius 3 is 2.60 bits per heavy atom. The minimum atomic E-state index is -0.388. The lowest BCUT2D eigenvalue weighted by atomic mass is 9.98. The summed E-state index contributed by atoms with van der Waals surface area (Å²) in [5, 5.41) is 0.563. The first kappa shape index (κ1) is 16.3. The number of fused-ring (bicyclic) bond motifs is 1. The molecule has 0 saturated carbocycles. The minimum Gasteiger partial charge on any atom is -0.287 e. The molecule has 0 radical (unpaired) electrons. The SMILES string of the molecule is Cc1ccc(N2C(=O)C[C@@H](N3CCc4ccccc4C3)C2=O)cc1Cl. The maximum atomic E-state index is 12.9. The maximum Gasteiger partial charge on any atom is 0.251 e. The summed E-state index contributed by atoms with van der Waals surface area (Å²) in [6, 6.07) is 13.2. The third-order valence-corrected chi connectivity index (χ3v) is 5.54. The number of benzene rings is 2. The summed E-state index contributed by atoms with van der Waals surface area (Å²) < 4.78 is 0. The highest BCUT2D eigenvalue weighted by molar-refractivity contribution is 6.32. The van der Waals surface area contributed by atoms with Gasteiger partial charge in [0.05, 0.1) is 18.2 Å². The van der Waals surface area contributed by atoms with Crippen molar-refractivity contribution in [1.29, 1.82) is 0 Å². The van der Waals surface area contributed by atoms with Gasteiger partial charge in [-0.25, -0.2) is 4.90 Å². The van der Waals surface area contributed by atoms with Crippen LogP contribution in [0.5, 0.6) is 0 Å². The standard InChI is InChI=1S/C20H19ClN2O2/c1-13-6-7-16(10-17(13)21)23-19(24)11-18(20(23)25)22-9-8-14-4-2-3-5-15(14)12-22/h2-7,10,18H,8-9,11-12H2,1H3/t18-/m1/s1. The molecule has 2 amide bonds. The number of nitrogens with zero attached hydrogens (tertiary/aromatic N) is 2. The van der Waals surface area contributed by atoms with E-state index in [0.717, 1.165) is 18.5 Å². The number of hydrogen-bond donors (Lipinski definition) is 0. The van der Waals surface area contributed by atoms with Crippen LogP contribution in [0.2, 0.25) is 5.02 Å². The van der Waals surface area contributed by atoms with Gasteiger partial charge in [0.15, 0.2) is 0 Å². The molecule has 0 aliphatic carbocycles. The van der Waals surface area contributed by atoms with E-state index in [4.69, 9.17) is 11.6 Å². The molecule has 0 spiro atoms. The van der Waals surface area contributed by atoms with Crippen molar-refractivity contribution in [2.75, 3.05) is 11.4 Å². The second-order valence-corrected chi connectivity index (χ2v) is 7.12. The van der Waals surface area contributed by atoms with Crippen molar-refractivity contribution < 1.29 is 9.59 Å². The number of imide groups is 1. The van der Waals surface area contributed by atoms with Gasteiger partial charge in [-0.2, -0.15) is 0 Å². The lowest BCUT2D eigenvalue weighted by Crippen LogP contribution is -2.44. The Morgan fingerprint density at radius 2 is 1.84 bits per heavy atom. The molecule has 1 atom stereocenters. The quantitative estimate of drug-likeness (QED) is 0.777. The van der Waals surface area contributed by atoms with Crippen molar-refractivity contribution in [3.05, 3.63) is 64.2 Å². The van der Waals surface area contributed by atoms with Crippen molar-refractivity contribution in [2.24, 2.45) is 0 Å². The van der Waals surface area contributed by atoms with Gasteiger partial charge in [0, 0.05) is 18.1 Å². The molecular weight excluding hydrogens is 336 g/mol. The summed E-state index contributed by atoms with van der Waals surface area (Å²) >= 11 is 6.17. The summed E-state index contributed by atoms with van der Waals surface area (Å²) in [6.45, 7) is 3.40.